The molecule has 1 aliphatic rings. The van der Waals surface area contributed by atoms with E-state index in [1.807, 2.05) is 24.3 Å². The Labute approximate surface area is 95.9 Å². The van der Waals surface area contributed by atoms with Crippen molar-refractivity contribution in [3.8, 4) is 0 Å². The lowest BCUT2D eigenvalue weighted by Gasteiger charge is -2.08. The summed E-state index contributed by atoms with van der Waals surface area (Å²) < 4.78 is 0. The predicted molar refractivity (Wildman–Crippen MR) is 66.3 cm³/mol. The third kappa shape index (κ3) is 3.28. The maximum Gasteiger partial charge on any atom is 0.159 e. The highest BCUT2D eigenvalue weighted by molar-refractivity contribution is 5.73. The molecule has 0 radical (unpaired) electrons. The summed E-state index contributed by atoms with van der Waals surface area (Å²) in [7, 11) is 0. The van der Waals surface area contributed by atoms with E-state index in [4.69, 9.17) is 0 Å². The Bertz CT molecular complexity index is 347. The monoisotopic (exact) mass is 215 g/mol. The molecule has 0 aliphatic carbocycles. The van der Waals surface area contributed by atoms with Crippen molar-refractivity contribution in [3.05, 3.63) is 36.7 Å². The number of piperidine rings is 1. The molecule has 1 N–H and O–H groups in total. The Morgan fingerprint density at radius 2 is 1.50 bits per heavy atom. The van der Waals surface area contributed by atoms with Gasteiger partial charge in [0, 0.05) is 17.8 Å². The fourth-order valence-corrected chi connectivity index (χ4v) is 1.71. The molecule has 1 saturated heterocycles. The molecule has 1 aliphatic heterocycles. The zero-order chi connectivity index (χ0) is 11.1. The summed E-state index contributed by atoms with van der Waals surface area (Å²) in [5, 5.41) is 4.37. The fraction of sp³-hybridized carbons (Fsp3) is 0.385. The first-order valence-electron chi connectivity index (χ1n) is 5.83. The maximum atomic E-state index is 4.07. The van der Waals surface area contributed by atoms with Gasteiger partial charge >= 0.3 is 0 Å². The van der Waals surface area contributed by atoms with E-state index in [0.717, 1.165) is 11.0 Å². The lowest BCUT2D eigenvalue weighted by atomic mass is 10.2. The van der Waals surface area contributed by atoms with Crippen molar-refractivity contribution in [2.45, 2.75) is 19.3 Å². The lowest BCUT2D eigenvalue weighted by Crippen LogP contribution is -2.21. The molecule has 3 heteroatoms. The molecule has 0 aromatic carbocycles. The van der Waals surface area contributed by atoms with Crippen LogP contribution in [0.15, 0.2) is 36.7 Å². The third-order valence-corrected chi connectivity index (χ3v) is 2.58. The zero-order valence-corrected chi connectivity index (χ0v) is 9.39. The van der Waals surface area contributed by atoms with Gasteiger partial charge in [0.25, 0.3) is 0 Å². The molecule has 0 saturated carbocycles. The van der Waals surface area contributed by atoms with Crippen LogP contribution in [0, 0.1) is 0 Å². The van der Waals surface area contributed by atoms with Crippen LogP contribution in [0.3, 0.4) is 0 Å². The number of hydrogen-bond donors (Lipinski definition) is 1. The first-order chi connectivity index (χ1) is 7.97. The highest BCUT2D eigenvalue weighted by Gasteiger charge is 1.93. The van der Waals surface area contributed by atoms with Gasteiger partial charge in [-0.05, 0) is 50.2 Å². The van der Waals surface area contributed by atoms with Crippen LogP contribution in [-0.4, -0.2) is 23.1 Å². The van der Waals surface area contributed by atoms with Crippen LogP contribution in [-0.2, 0) is 0 Å². The smallest absolute Gasteiger partial charge is 0.159 e. The van der Waals surface area contributed by atoms with Crippen LogP contribution in [0.25, 0.3) is 11.0 Å². The molecule has 0 spiro atoms. The molecule has 0 atom stereocenters. The SMILES string of the molecule is C1CCNCC1.c1cnc2ncccc2c1. The van der Waals surface area contributed by atoms with Gasteiger partial charge in [0.1, 0.15) is 0 Å². The van der Waals surface area contributed by atoms with Gasteiger partial charge in [-0.25, -0.2) is 9.97 Å². The molecule has 3 heterocycles. The minimum atomic E-state index is 0.810. The standard InChI is InChI=1S/C8H6N2.C5H11N/c1-3-7-4-2-6-10-8(7)9-5-1;1-2-4-6-5-3-1/h1-6H;6H,1-5H2. The first kappa shape index (κ1) is 11.0. The molecule has 0 amide bonds. The summed E-state index contributed by atoms with van der Waals surface area (Å²) in [6.07, 6.45) is 7.71. The van der Waals surface area contributed by atoms with Gasteiger partial charge in [-0.3, -0.25) is 0 Å². The van der Waals surface area contributed by atoms with Gasteiger partial charge < -0.3 is 5.32 Å². The number of pyridine rings is 2. The summed E-state index contributed by atoms with van der Waals surface area (Å²) in [5.74, 6) is 0. The number of aromatic nitrogens is 2. The number of nitrogens with one attached hydrogen (secondary N) is 1. The van der Waals surface area contributed by atoms with E-state index in [2.05, 4.69) is 15.3 Å². The van der Waals surface area contributed by atoms with Gasteiger partial charge in [0.05, 0.1) is 0 Å². The van der Waals surface area contributed by atoms with Crippen LogP contribution in [0.5, 0.6) is 0 Å². The van der Waals surface area contributed by atoms with Crippen molar-refractivity contribution in [2.75, 3.05) is 13.1 Å². The Kier molecular flexibility index (Phi) is 4.26. The quantitative estimate of drug-likeness (QED) is 0.733. The second kappa shape index (κ2) is 6.18. The summed E-state index contributed by atoms with van der Waals surface area (Å²) in [6.45, 7) is 2.50. The molecule has 1 fully saturated rings. The molecule has 2 aromatic rings. The topological polar surface area (TPSA) is 37.8 Å². The second-order valence-corrected chi connectivity index (χ2v) is 3.86. The second-order valence-electron chi connectivity index (χ2n) is 3.86. The molecule has 0 bridgehead atoms. The van der Waals surface area contributed by atoms with Crippen LogP contribution >= 0.6 is 0 Å². The fourth-order valence-electron chi connectivity index (χ4n) is 1.71. The van der Waals surface area contributed by atoms with Crippen molar-refractivity contribution in [3.63, 3.8) is 0 Å². The Morgan fingerprint density at radius 3 is 1.88 bits per heavy atom. The molecular formula is C13H17N3. The van der Waals surface area contributed by atoms with E-state index in [-0.39, 0.29) is 0 Å². The van der Waals surface area contributed by atoms with E-state index in [0.29, 0.717) is 0 Å². The van der Waals surface area contributed by atoms with Gasteiger partial charge in [-0.15, -0.1) is 0 Å². The molecule has 0 unspecified atom stereocenters. The Hall–Kier alpha value is -1.48. The molecule has 16 heavy (non-hydrogen) atoms. The van der Waals surface area contributed by atoms with E-state index < -0.39 is 0 Å². The summed E-state index contributed by atoms with van der Waals surface area (Å²) in [5.41, 5.74) is 0.810. The summed E-state index contributed by atoms with van der Waals surface area (Å²) >= 11 is 0. The van der Waals surface area contributed by atoms with Crippen molar-refractivity contribution >= 4 is 11.0 Å². The maximum absolute atomic E-state index is 4.07. The highest BCUT2D eigenvalue weighted by atomic mass is 14.9. The zero-order valence-electron chi connectivity index (χ0n) is 9.39. The average molecular weight is 215 g/mol. The summed E-state index contributed by atoms with van der Waals surface area (Å²) in [4.78, 5) is 8.14. The number of fused-ring (bicyclic) bond motifs is 1. The van der Waals surface area contributed by atoms with Gasteiger partial charge in [-0.1, -0.05) is 6.42 Å². The molecule has 84 valence electrons. The Morgan fingerprint density at radius 1 is 0.875 bits per heavy atom. The van der Waals surface area contributed by atoms with E-state index in [1.165, 1.54) is 32.4 Å². The molecule has 3 rings (SSSR count). The highest BCUT2D eigenvalue weighted by Crippen LogP contribution is 2.04. The third-order valence-electron chi connectivity index (χ3n) is 2.58. The summed E-state index contributed by atoms with van der Waals surface area (Å²) in [6, 6.07) is 7.80. The Balaban J connectivity index is 0.000000138. The minimum absolute atomic E-state index is 0.810. The van der Waals surface area contributed by atoms with Crippen LogP contribution in [0.2, 0.25) is 0 Å². The number of rotatable bonds is 0. The van der Waals surface area contributed by atoms with Crippen molar-refractivity contribution < 1.29 is 0 Å². The average Bonchev–Trinajstić information content (AvgIpc) is 2.42. The number of nitrogens with zero attached hydrogens (tertiary/aromatic N) is 2. The minimum Gasteiger partial charge on any atom is -0.317 e. The van der Waals surface area contributed by atoms with Crippen molar-refractivity contribution in [1.29, 1.82) is 0 Å². The molecule has 2 aromatic heterocycles. The molecular weight excluding hydrogens is 198 g/mol. The normalized spacial score (nSPS) is 15.2. The van der Waals surface area contributed by atoms with Gasteiger partial charge in [0.15, 0.2) is 5.65 Å². The van der Waals surface area contributed by atoms with E-state index in [9.17, 15) is 0 Å². The lowest BCUT2D eigenvalue weighted by molar-refractivity contribution is 0.520. The van der Waals surface area contributed by atoms with Gasteiger partial charge in [0.2, 0.25) is 0 Å². The van der Waals surface area contributed by atoms with Crippen LogP contribution in [0.4, 0.5) is 0 Å². The van der Waals surface area contributed by atoms with Crippen LogP contribution < -0.4 is 5.32 Å². The largest absolute Gasteiger partial charge is 0.317 e. The first-order valence-corrected chi connectivity index (χ1v) is 5.83. The van der Waals surface area contributed by atoms with Crippen LogP contribution in [0.1, 0.15) is 19.3 Å². The van der Waals surface area contributed by atoms with Gasteiger partial charge in [-0.2, -0.15) is 0 Å². The predicted octanol–water partition coefficient (Wildman–Crippen LogP) is 2.39. The van der Waals surface area contributed by atoms with Crippen molar-refractivity contribution in [1.82, 2.24) is 15.3 Å². The van der Waals surface area contributed by atoms with E-state index >= 15 is 0 Å². The van der Waals surface area contributed by atoms with Crippen molar-refractivity contribution in [2.24, 2.45) is 0 Å². The van der Waals surface area contributed by atoms with E-state index in [1.54, 1.807) is 12.4 Å². The molecule has 3 nitrogen and oxygen atoms in total. The number of hydrogen-bond acceptors (Lipinski definition) is 3.